The van der Waals surface area contributed by atoms with E-state index in [0.29, 0.717) is 22.1 Å². The van der Waals surface area contributed by atoms with Crippen molar-refractivity contribution in [3.8, 4) is 0 Å². The van der Waals surface area contributed by atoms with Crippen molar-refractivity contribution in [1.29, 1.82) is 0 Å². The molecule has 5 nitrogen and oxygen atoms in total. The summed E-state index contributed by atoms with van der Waals surface area (Å²) in [5.74, 6) is -0.168. The van der Waals surface area contributed by atoms with Crippen LogP contribution in [0.1, 0.15) is 23.6 Å². The van der Waals surface area contributed by atoms with Gasteiger partial charge in [-0.1, -0.05) is 24.3 Å². The van der Waals surface area contributed by atoms with Gasteiger partial charge in [-0.2, -0.15) is 0 Å². The molecule has 1 N–H and O–H groups in total. The third kappa shape index (κ3) is 4.03. The SMILES string of the molecule is CC(=O)Cc1ccc(S(=O)(=O)Cc2ccc3c(c2)B(O)OC3)c(Br)c1. The van der Waals surface area contributed by atoms with Crippen molar-refractivity contribution in [1.82, 2.24) is 0 Å². The molecule has 0 aliphatic carbocycles. The van der Waals surface area contributed by atoms with Gasteiger partial charge in [-0.3, -0.25) is 4.79 Å². The van der Waals surface area contributed by atoms with Gasteiger partial charge in [-0.25, -0.2) is 8.42 Å². The Morgan fingerprint density at radius 1 is 1.24 bits per heavy atom. The summed E-state index contributed by atoms with van der Waals surface area (Å²) >= 11 is 3.30. The molecule has 2 aromatic rings. The first-order valence-electron chi connectivity index (χ1n) is 7.68. The minimum absolute atomic E-state index is 0.0152. The average Bonchev–Trinajstić information content (AvgIpc) is 2.87. The highest BCUT2D eigenvalue weighted by molar-refractivity contribution is 9.10. The number of rotatable bonds is 5. The largest absolute Gasteiger partial charge is 0.491 e. The normalized spacial score (nSPS) is 13.8. The van der Waals surface area contributed by atoms with E-state index >= 15 is 0 Å². The summed E-state index contributed by atoms with van der Waals surface area (Å²) in [4.78, 5) is 11.4. The van der Waals surface area contributed by atoms with E-state index in [9.17, 15) is 18.2 Å². The highest BCUT2D eigenvalue weighted by Gasteiger charge is 2.28. The monoisotopic (exact) mass is 422 g/mol. The zero-order valence-corrected chi connectivity index (χ0v) is 15.9. The Hall–Kier alpha value is -1.48. The fourth-order valence-corrected chi connectivity index (χ4v) is 5.42. The second kappa shape index (κ2) is 7.03. The van der Waals surface area contributed by atoms with Crippen LogP contribution in [0.4, 0.5) is 0 Å². The van der Waals surface area contributed by atoms with Crippen molar-refractivity contribution in [3.05, 3.63) is 57.6 Å². The van der Waals surface area contributed by atoms with Crippen LogP contribution in [0.3, 0.4) is 0 Å². The van der Waals surface area contributed by atoms with Crippen LogP contribution in [0.5, 0.6) is 0 Å². The maximum absolute atomic E-state index is 12.7. The minimum Gasteiger partial charge on any atom is -0.423 e. The van der Waals surface area contributed by atoms with Gasteiger partial charge in [-0.15, -0.1) is 0 Å². The average molecular weight is 423 g/mol. The van der Waals surface area contributed by atoms with Crippen molar-refractivity contribution in [2.24, 2.45) is 0 Å². The van der Waals surface area contributed by atoms with Gasteiger partial charge < -0.3 is 9.68 Å². The molecule has 25 heavy (non-hydrogen) atoms. The van der Waals surface area contributed by atoms with E-state index in [-0.39, 0.29) is 22.9 Å². The fourth-order valence-electron chi connectivity index (χ4n) is 2.85. The van der Waals surface area contributed by atoms with Crippen LogP contribution in [0.25, 0.3) is 0 Å². The van der Waals surface area contributed by atoms with Gasteiger partial charge >= 0.3 is 7.12 Å². The van der Waals surface area contributed by atoms with Crippen LogP contribution < -0.4 is 5.46 Å². The summed E-state index contributed by atoms with van der Waals surface area (Å²) < 4.78 is 31.1. The minimum atomic E-state index is -3.58. The predicted molar refractivity (Wildman–Crippen MR) is 98.3 cm³/mol. The third-order valence-corrected chi connectivity index (χ3v) is 6.67. The lowest BCUT2D eigenvalue weighted by atomic mass is 9.79. The smallest absolute Gasteiger partial charge is 0.423 e. The molecule has 0 aromatic heterocycles. The Morgan fingerprint density at radius 2 is 1.96 bits per heavy atom. The van der Waals surface area contributed by atoms with E-state index in [0.717, 1.165) is 11.1 Å². The third-order valence-electron chi connectivity index (χ3n) is 4.01. The Morgan fingerprint density at radius 3 is 2.64 bits per heavy atom. The lowest BCUT2D eigenvalue weighted by Gasteiger charge is -2.10. The molecule has 0 amide bonds. The topological polar surface area (TPSA) is 80.7 Å². The Bertz CT molecular complexity index is 942. The lowest BCUT2D eigenvalue weighted by molar-refractivity contribution is -0.116. The standard InChI is InChI=1S/C17H16BBrO5S/c1-11(20)6-12-3-5-17(16(19)8-12)25(22,23)10-13-2-4-14-9-24-18(21)15(14)7-13/h2-5,7-8,21H,6,9-10H2,1H3. The zero-order chi connectivity index (χ0) is 18.2. The summed E-state index contributed by atoms with van der Waals surface area (Å²) in [6.07, 6.45) is 0.266. The van der Waals surface area contributed by atoms with Crippen molar-refractivity contribution in [2.75, 3.05) is 0 Å². The van der Waals surface area contributed by atoms with E-state index in [1.54, 1.807) is 30.3 Å². The van der Waals surface area contributed by atoms with Crippen LogP contribution in [0, 0.1) is 0 Å². The molecule has 1 aliphatic rings. The highest BCUT2D eigenvalue weighted by atomic mass is 79.9. The van der Waals surface area contributed by atoms with E-state index in [1.165, 1.54) is 13.0 Å². The molecule has 0 saturated heterocycles. The van der Waals surface area contributed by atoms with Crippen LogP contribution >= 0.6 is 15.9 Å². The van der Waals surface area contributed by atoms with Gasteiger partial charge in [0.15, 0.2) is 9.84 Å². The molecule has 0 bridgehead atoms. The number of halogens is 1. The number of carbonyl (C=O) groups is 1. The molecule has 1 aliphatic heterocycles. The van der Waals surface area contributed by atoms with Gasteiger partial charge in [0.1, 0.15) is 5.78 Å². The van der Waals surface area contributed by atoms with Crippen LogP contribution in [-0.4, -0.2) is 26.3 Å². The van der Waals surface area contributed by atoms with Crippen LogP contribution in [0.2, 0.25) is 0 Å². The molecule has 2 aromatic carbocycles. The maximum Gasteiger partial charge on any atom is 0.491 e. The summed E-state index contributed by atoms with van der Waals surface area (Å²) in [5.41, 5.74) is 2.83. The molecule has 0 atom stereocenters. The molecular formula is C17H16BBrO5S. The lowest BCUT2D eigenvalue weighted by Crippen LogP contribution is -2.28. The summed E-state index contributed by atoms with van der Waals surface area (Å²) in [7, 11) is -4.58. The first kappa shape index (κ1) is 18.3. The fraction of sp³-hybridized carbons (Fsp3) is 0.235. The second-order valence-electron chi connectivity index (χ2n) is 6.10. The number of fused-ring (bicyclic) bond motifs is 1. The molecule has 0 spiro atoms. The molecular weight excluding hydrogens is 407 g/mol. The quantitative estimate of drug-likeness (QED) is 0.742. The Balaban J connectivity index is 1.87. The first-order valence-corrected chi connectivity index (χ1v) is 10.1. The van der Waals surface area contributed by atoms with Gasteiger partial charge in [0.25, 0.3) is 0 Å². The number of hydrogen-bond donors (Lipinski definition) is 1. The van der Waals surface area contributed by atoms with Gasteiger partial charge in [-0.05, 0) is 57.1 Å². The van der Waals surface area contributed by atoms with Gasteiger partial charge in [0.2, 0.25) is 0 Å². The van der Waals surface area contributed by atoms with Crippen molar-refractivity contribution >= 4 is 44.1 Å². The maximum atomic E-state index is 12.7. The molecule has 0 fully saturated rings. The zero-order valence-electron chi connectivity index (χ0n) is 13.5. The number of benzene rings is 2. The highest BCUT2D eigenvalue weighted by Crippen LogP contribution is 2.27. The predicted octanol–water partition coefficient (Wildman–Crippen LogP) is 1.77. The number of hydrogen-bond acceptors (Lipinski definition) is 5. The molecule has 0 unspecified atom stereocenters. The first-order chi connectivity index (χ1) is 11.8. The van der Waals surface area contributed by atoms with E-state index in [4.69, 9.17) is 4.65 Å². The Labute approximate surface area is 155 Å². The summed E-state index contributed by atoms with van der Waals surface area (Å²) in [6, 6.07) is 10.0. The van der Waals surface area contributed by atoms with E-state index < -0.39 is 17.0 Å². The number of carbonyl (C=O) groups excluding carboxylic acids is 1. The van der Waals surface area contributed by atoms with Crippen LogP contribution in [0.15, 0.2) is 45.8 Å². The molecule has 0 radical (unpaired) electrons. The van der Waals surface area contributed by atoms with Crippen LogP contribution in [-0.2, 0) is 38.1 Å². The van der Waals surface area contributed by atoms with Gasteiger partial charge in [0, 0.05) is 10.9 Å². The summed E-state index contributed by atoms with van der Waals surface area (Å²) in [5, 5.41) is 9.76. The van der Waals surface area contributed by atoms with E-state index in [1.807, 2.05) is 0 Å². The second-order valence-corrected chi connectivity index (χ2v) is 8.91. The molecule has 130 valence electrons. The van der Waals surface area contributed by atoms with Gasteiger partial charge in [0.05, 0.1) is 17.3 Å². The number of Topliss-reactive ketones (excluding diaryl/α,β-unsaturated/α-hetero) is 1. The molecule has 0 saturated carbocycles. The van der Waals surface area contributed by atoms with Crippen molar-refractivity contribution < 1.29 is 22.9 Å². The molecule has 3 rings (SSSR count). The van der Waals surface area contributed by atoms with Crippen molar-refractivity contribution in [2.45, 2.75) is 30.6 Å². The number of ketones is 1. The molecule has 1 heterocycles. The summed E-state index contributed by atoms with van der Waals surface area (Å²) in [6.45, 7) is 1.82. The molecule has 8 heteroatoms. The van der Waals surface area contributed by atoms with Crippen molar-refractivity contribution in [3.63, 3.8) is 0 Å². The number of sulfone groups is 1. The van der Waals surface area contributed by atoms with E-state index in [2.05, 4.69) is 15.9 Å². The Kier molecular flexibility index (Phi) is 5.15.